The molecular formula is C36H37FN4O2. The summed E-state index contributed by atoms with van der Waals surface area (Å²) in [6.07, 6.45) is 3.21. The van der Waals surface area contributed by atoms with Crippen molar-refractivity contribution >= 4 is 17.3 Å². The molecule has 0 unspecified atom stereocenters. The zero-order chi connectivity index (χ0) is 30.7. The molecule has 1 amide bonds. The van der Waals surface area contributed by atoms with Crippen molar-refractivity contribution in [3.05, 3.63) is 147 Å². The van der Waals surface area contributed by atoms with E-state index in [1.165, 1.54) is 16.7 Å². The monoisotopic (exact) mass is 576 g/mol. The minimum Gasteiger partial charge on any atom is -0.341 e. The number of anilines is 1. The summed E-state index contributed by atoms with van der Waals surface area (Å²) in [4.78, 5) is 29.6. The Kier molecular flexibility index (Phi) is 8.71. The molecule has 1 fully saturated rings. The molecule has 3 aromatic carbocycles. The lowest BCUT2D eigenvalue weighted by Crippen LogP contribution is -2.40. The molecule has 1 aromatic heterocycles. The van der Waals surface area contributed by atoms with Gasteiger partial charge in [0.05, 0.1) is 5.71 Å². The Hall–Kier alpha value is -4.78. The van der Waals surface area contributed by atoms with E-state index < -0.39 is 0 Å². The third-order valence-corrected chi connectivity index (χ3v) is 8.37. The molecule has 0 saturated carbocycles. The SMILES string of the molecule is C=C(C1CCN(C(=O)c2ccc(C(=N)c3ccn(C)c(=O)c3)c(C)c2)CC1)N(Cc1cccc(F)c1)c1ccccc1C. The van der Waals surface area contributed by atoms with Gasteiger partial charge < -0.3 is 14.4 Å². The van der Waals surface area contributed by atoms with Crippen LogP contribution in [0.3, 0.4) is 0 Å². The number of pyridine rings is 1. The van der Waals surface area contributed by atoms with Gasteiger partial charge in [0.2, 0.25) is 0 Å². The molecule has 0 radical (unpaired) electrons. The highest BCUT2D eigenvalue weighted by Crippen LogP contribution is 2.33. The van der Waals surface area contributed by atoms with Crippen LogP contribution in [0.25, 0.3) is 0 Å². The standard InChI is InChI=1S/C36H37FN4O2/c1-24-8-5-6-11-33(24)41(23-27-9-7-10-31(37)21-27)26(3)28-15-18-40(19-16-28)36(43)30-12-13-32(25(2)20-30)35(38)29-14-17-39(4)34(42)22-29/h5-14,17,20-22,28,38H,3,15-16,18-19,23H2,1-2,4H3. The van der Waals surface area contributed by atoms with Gasteiger partial charge in [0.15, 0.2) is 0 Å². The molecule has 0 spiro atoms. The number of aromatic nitrogens is 1. The number of carbonyl (C=O) groups is 1. The van der Waals surface area contributed by atoms with Crippen molar-refractivity contribution in [1.29, 1.82) is 5.41 Å². The fraction of sp³-hybridized carbons (Fsp3) is 0.250. The fourth-order valence-electron chi connectivity index (χ4n) is 5.78. The van der Waals surface area contributed by atoms with E-state index in [9.17, 15) is 14.0 Å². The van der Waals surface area contributed by atoms with Crippen LogP contribution in [0.2, 0.25) is 0 Å². The van der Waals surface area contributed by atoms with Crippen molar-refractivity contribution in [2.45, 2.75) is 33.2 Å². The highest BCUT2D eigenvalue weighted by Gasteiger charge is 2.28. The van der Waals surface area contributed by atoms with Crippen molar-refractivity contribution < 1.29 is 9.18 Å². The lowest BCUT2D eigenvalue weighted by Gasteiger charge is -2.38. The number of rotatable bonds is 8. The molecule has 1 saturated heterocycles. The lowest BCUT2D eigenvalue weighted by molar-refractivity contribution is 0.0701. The summed E-state index contributed by atoms with van der Waals surface area (Å²) >= 11 is 0. The first-order valence-corrected chi connectivity index (χ1v) is 14.5. The minimum atomic E-state index is -0.259. The van der Waals surface area contributed by atoms with Crippen LogP contribution in [0.4, 0.5) is 10.1 Å². The molecular weight excluding hydrogens is 539 g/mol. The Balaban J connectivity index is 1.28. The maximum absolute atomic E-state index is 14.0. The van der Waals surface area contributed by atoms with Crippen LogP contribution in [0.5, 0.6) is 0 Å². The van der Waals surface area contributed by atoms with Gasteiger partial charge in [-0.15, -0.1) is 0 Å². The number of nitrogens with one attached hydrogen (secondary N) is 1. The summed E-state index contributed by atoms with van der Waals surface area (Å²) in [5.41, 5.74) is 6.73. The molecule has 43 heavy (non-hydrogen) atoms. The van der Waals surface area contributed by atoms with Crippen LogP contribution in [0.1, 0.15) is 51.0 Å². The molecule has 0 bridgehead atoms. The topological polar surface area (TPSA) is 69.4 Å². The van der Waals surface area contributed by atoms with E-state index in [4.69, 9.17) is 5.41 Å². The predicted octanol–water partition coefficient (Wildman–Crippen LogP) is 6.63. The second-order valence-electron chi connectivity index (χ2n) is 11.3. The van der Waals surface area contributed by atoms with E-state index in [1.807, 2.05) is 36.1 Å². The quantitative estimate of drug-likeness (QED) is 0.240. The van der Waals surface area contributed by atoms with E-state index >= 15 is 0 Å². The number of aryl methyl sites for hydroxylation is 3. The smallest absolute Gasteiger partial charge is 0.253 e. The second-order valence-corrected chi connectivity index (χ2v) is 11.3. The number of likely N-dealkylation sites (tertiary alicyclic amines) is 1. The highest BCUT2D eigenvalue weighted by atomic mass is 19.1. The minimum absolute atomic E-state index is 0.0330. The number of piperidine rings is 1. The molecule has 0 atom stereocenters. The van der Waals surface area contributed by atoms with Gasteiger partial charge in [-0.3, -0.25) is 15.0 Å². The summed E-state index contributed by atoms with van der Waals surface area (Å²) in [6.45, 7) is 10.2. The Morgan fingerprint density at radius 2 is 1.70 bits per heavy atom. The van der Waals surface area contributed by atoms with Crippen LogP contribution in [-0.2, 0) is 13.6 Å². The number of para-hydroxylation sites is 1. The van der Waals surface area contributed by atoms with Gasteiger partial charge in [-0.2, -0.15) is 0 Å². The van der Waals surface area contributed by atoms with Gasteiger partial charge >= 0.3 is 0 Å². The van der Waals surface area contributed by atoms with Crippen molar-refractivity contribution in [3.8, 4) is 0 Å². The number of nitrogens with zero attached hydrogens (tertiary/aromatic N) is 3. The van der Waals surface area contributed by atoms with Crippen LogP contribution in [0.15, 0.2) is 102 Å². The second kappa shape index (κ2) is 12.6. The zero-order valence-corrected chi connectivity index (χ0v) is 24.9. The molecule has 1 aliphatic heterocycles. The Morgan fingerprint density at radius 1 is 0.953 bits per heavy atom. The zero-order valence-electron chi connectivity index (χ0n) is 24.9. The molecule has 5 rings (SSSR count). The van der Waals surface area contributed by atoms with Crippen molar-refractivity contribution in [2.24, 2.45) is 13.0 Å². The van der Waals surface area contributed by atoms with Crippen LogP contribution >= 0.6 is 0 Å². The number of hydrogen-bond acceptors (Lipinski definition) is 4. The maximum atomic E-state index is 14.0. The molecule has 1 aliphatic rings. The van der Waals surface area contributed by atoms with Crippen LogP contribution in [-0.4, -0.2) is 34.2 Å². The van der Waals surface area contributed by atoms with Crippen LogP contribution in [0, 0.1) is 31.0 Å². The largest absolute Gasteiger partial charge is 0.341 e. The van der Waals surface area contributed by atoms with E-state index in [1.54, 1.807) is 43.6 Å². The molecule has 1 N–H and O–H groups in total. The average molecular weight is 577 g/mol. The lowest BCUT2D eigenvalue weighted by atomic mass is 9.91. The van der Waals surface area contributed by atoms with Crippen LogP contribution < -0.4 is 10.5 Å². The fourth-order valence-corrected chi connectivity index (χ4v) is 5.78. The van der Waals surface area contributed by atoms with Crippen molar-refractivity contribution in [1.82, 2.24) is 9.47 Å². The molecule has 6 nitrogen and oxygen atoms in total. The Labute approximate surface area is 252 Å². The van der Waals surface area contributed by atoms with E-state index in [0.717, 1.165) is 40.9 Å². The number of allylic oxidation sites excluding steroid dienone is 1. The first kappa shape index (κ1) is 29.7. The van der Waals surface area contributed by atoms with E-state index in [2.05, 4.69) is 30.5 Å². The third kappa shape index (κ3) is 6.51. The first-order chi connectivity index (χ1) is 20.6. The maximum Gasteiger partial charge on any atom is 0.253 e. The van der Waals surface area contributed by atoms with Gasteiger partial charge in [0.1, 0.15) is 5.82 Å². The summed E-state index contributed by atoms with van der Waals surface area (Å²) in [5, 5.41) is 8.63. The summed E-state index contributed by atoms with van der Waals surface area (Å²) < 4.78 is 15.5. The predicted molar refractivity (Wildman–Crippen MR) is 170 cm³/mol. The summed E-state index contributed by atoms with van der Waals surface area (Å²) in [6, 6.07) is 23.4. The summed E-state index contributed by atoms with van der Waals surface area (Å²) in [7, 11) is 1.67. The Morgan fingerprint density at radius 3 is 2.37 bits per heavy atom. The van der Waals surface area contributed by atoms with Gasteiger partial charge in [0, 0.05) is 72.9 Å². The average Bonchev–Trinajstić information content (AvgIpc) is 3.01. The van der Waals surface area contributed by atoms with E-state index in [0.29, 0.717) is 36.3 Å². The number of benzene rings is 3. The van der Waals surface area contributed by atoms with Gasteiger partial charge in [0.25, 0.3) is 11.5 Å². The van der Waals surface area contributed by atoms with Gasteiger partial charge in [-0.1, -0.05) is 43.0 Å². The van der Waals surface area contributed by atoms with Crippen molar-refractivity contribution in [2.75, 3.05) is 18.0 Å². The highest BCUT2D eigenvalue weighted by molar-refractivity contribution is 6.12. The van der Waals surface area contributed by atoms with Gasteiger partial charge in [-0.25, -0.2) is 4.39 Å². The molecule has 4 aromatic rings. The Bertz CT molecular complexity index is 1750. The first-order valence-electron chi connectivity index (χ1n) is 14.5. The number of hydrogen-bond donors (Lipinski definition) is 1. The normalized spacial score (nSPS) is 13.5. The summed E-state index contributed by atoms with van der Waals surface area (Å²) in [5.74, 6) is -0.111. The molecule has 2 heterocycles. The number of carbonyl (C=O) groups excluding carboxylic acids is 1. The number of halogens is 1. The number of amides is 1. The van der Waals surface area contributed by atoms with Gasteiger partial charge in [-0.05, 0) is 79.8 Å². The molecule has 0 aliphatic carbocycles. The third-order valence-electron chi connectivity index (χ3n) is 8.37. The molecule has 220 valence electrons. The van der Waals surface area contributed by atoms with E-state index in [-0.39, 0.29) is 28.9 Å². The van der Waals surface area contributed by atoms with Crippen molar-refractivity contribution in [3.63, 3.8) is 0 Å². The molecule has 7 heteroatoms.